The minimum absolute atomic E-state index is 0.218. The van der Waals surface area contributed by atoms with Gasteiger partial charge in [-0.1, -0.05) is 121 Å². The largest absolute Gasteiger partial charge is 0.379 e. The van der Waals surface area contributed by atoms with E-state index in [9.17, 15) is 18.6 Å². The molecule has 0 bridgehead atoms. The predicted octanol–water partition coefficient (Wildman–Crippen LogP) is 4.80. The van der Waals surface area contributed by atoms with Crippen LogP contribution in [-0.4, -0.2) is 29.1 Å². The second-order valence-electron chi connectivity index (χ2n) is 9.14. The summed E-state index contributed by atoms with van der Waals surface area (Å²) in [5.74, 6) is 0. The van der Waals surface area contributed by atoms with Crippen LogP contribution in [0.3, 0.4) is 0 Å². The highest BCUT2D eigenvalue weighted by molar-refractivity contribution is 7.93. The van der Waals surface area contributed by atoms with Gasteiger partial charge in [0.05, 0.1) is 10.5 Å². The minimum atomic E-state index is -4.04. The molecule has 4 nitrogen and oxygen atoms in total. The molecule has 1 saturated heterocycles. The third kappa shape index (κ3) is 3.80. The van der Waals surface area contributed by atoms with E-state index >= 15 is 0 Å². The summed E-state index contributed by atoms with van der Waals surface area (Å²) in [5.41, 5.74) is -1.45. The lowest BCUT2D eigenvalue weighted by molar-refractivity contribution is 0.0718. The molecule has 2 atom stereocenters. The molecule has 0 aromatic heterocycles. The molecule has 4 aromatic rings. The van der Waals surface area contributed by atoms with E-state index in [1.165, 1.54) is 0 Å². The fourth-order valence-electron chi connectivity index (χ4n) is 5.57. The zero-order chi connectivity index (χ0) is 24.5. The topological polar surface area (TPSA) is 74.6 Å². The van der Waals surface area contributed by atoms with Gasteiger partial charge in [0.1, 0.15) is 11.2 Å². The number of rotatable bonds is 6. The van der Waals surface area contributed by atoms with Gasteiger partial charge < -0.3 is 10.2 Å². The van der Waals surface area contributed by atoms with Crippen molar-refractivity contribution < 1.29 is 18.6 Å². The Morgan fingerprint density at radius 1 is 0.486 bits per heavy atom. The maximum atomic E-state index is 14.4. The number of aliphatic hydroxyl groups is 2. The van der Waals surface area contributed by atoms with E-state index in [-0.39, 0.29) is 12.8 Å². The molecule has 1 aliphatic heterocycles. The van der Waals surface area contributed by atoms with Crippen molar-refractivity contribution in [2.24, 2.45) is 0 Å². The van der Waals surface area contributed by atoms with Gasteiger partial charge in [-0.3, -0.25) is 0 Å². The number of hydrogen-bond donors (Lipinski definition) is 2. The maximum absolute atomic E-state index is 14.4. The molecule has 5 rings (SSSR count). The number of benzene rings is 4. The van der Waals surface area contributed by atoms with E-state index in [1.54, 1.807) is 97.1 Å². The Labute approximate surface area is 206 Å². The number of sulfone groups is 1. The zero-order valence-electron chi connectivity index (χ0n) is 19.2. The second kappa shape index (κ2) is 9.08. The molecule has 0 amide bonds. The van der Waals surface area contributed by atoms with Crippen molar-refractivity contribution in [2.75, 3.05) is 0 Å². The average Bonchev–Trinajstić information content (AvgIpc) is 3.25. The third-order valence-electron chi connectivity index (χ3n) is 7.27. The fourth-order valence-corrected chi connectivity index (χ4v) is 8.39. The summed E-state index contributed by atoms with van der Waals surface area (Å²) in [6.07, 6.45) is 0.435. The quantitative estimate of drug-likeness (QED) is 0.412. The fraction of sp³-hybridized carbons (Fsp3) is 0.200. The molecule has 4 aromatic carbocycles. The van der Waals surface area contributed by atoms with Crippen molar-refractivity contribution in [1.29, 1.82) is 0 Å². The second-order valence-corrected chi connectivity index (χ2v) is 11.5. The van der Waals surface area contributed by atoms with E-state index < -0.39 is 31.5 Å². The zero-order valence-corrected chi connectivity index (χ0v) is 20.1. The van der Waals surface area contributed by atoms with E-state index in [1.807, 2.05) is 24.3 Å². The molecule has 178 valence electrons. The van der Waals surface area contributed by atoms with Crippen LogP contribution in [0.15, 0.2) is 121 Å². The van der Waals surface area contributed by atoms with Crippen LogP contribution in [0, 0.1) is 0 Å². The smallest absolute Gasteiger partial charge is 0.163 e. The van der Waals surface area contributed by atoms with Crippen LogP contribution >= 0.6 is 0 Å². The molecule has 0 spiro atoms. The Kier molecular flexibility index (Phi) is 6.09. The van der Waals surface area contributed by atoms with Gasteiger partial charge >= 0.3 is 0 Å². The van der Waals surface area contributed by atoms with E-state index in [2.05, 4.69) is 0 Å². The van der Waals surface area contributed by atoms with Crippen molar-refractivity contribution in [3.63, 3.8) is 0 Å². The van der Waals surface area contributed by atoms with Crippen molar-refractivity contribution in [2.45, 2.75) is 34.5 Å². The standard InChI is InChI=1S/C30H28O4S/c31-29(23-13-5-1-6-14-23,24-15-7-2-8-16-24)27-21-22-28(35(27,33)34)30(32,25-17-9-3-10-18-25)26-19-11-4-12-20-26/h1-20,27-28,31-32H,21-22H2. The van der Waals surface area contributed by atoms with E-state index in [0.717, 1.165) is 0 Å². The van der Waals surface area contributed by atoms with Gasteiger partial charge in [0.2, 0.25) is 0 Å². The Hall–Kier alpha value is -3.25. The first-order chi connectivity index (χ1) is 16.9. The third-order valence-corrected chi connectivity index (χ3v) is 10.0. The summed E-state index contributed by atoms with van der Waals surface area (Å²) in [4.78, 5) is 0. The van der Waals surface area contributed by atoms with Gasteiger partial charge in [0.15, 0.2) is 9.84 Å². The molecule has 35 heavy (non-hydrogen) atoms. The van der Waals surface area contributed by atoms with Crippen LogP contribution in [0.5, 0.6) is 0 Å². The van der Waals surface area contributed by atoms with Crippen molar-refractivity contribution in [1.82, 2.24) is 0 Å². The highest BCUT2D eigenvalue weighted by Gasteiger charge is 2.60. The van der Waals surface area contributed by atoms with Crippen LogP contribution in [0.25, 0.3) is 0 Å². The van der Waals surface area contributed by atoms with Crippen molar-refractivity contribution >= 4 is 9.84 Å². The normalized spacial score (nSPS) is 19.9. The van der Waals surface area contributed by atoms with E-state index in [4.69, 9.17) is 0 Å². The maximum Gasteiger partial charge on any atom is 0.163 e. The monoisotopic (exact) mass is 484 g/mol. The van der Waals surface area contributed by atoms with Gasteiger partial charge in [0.25, 0.3) is 0 Å². The first kappa shape index (κ1) is 23.5. The van der Waals surface area contributed by atoms with Crippen LogP contribution in [0.1, 0.15) is 35.1 Å². The van der Waals surface area contributed by atoms with Gasteiger partial charge in [-0.15, -0.1) is 0 Å². The Bertz CT molecular complexity index is 1190. The van der Waals surface area contributed by atoms with E-state index in [0.29, 0.717) is 22.3 Å². The van der Waals surface area contributed by atoms with Gasteiger partial charge in [-0.2, -0.15) is 0 Å². The lowest BCUT2D eigenvalue weighted by Crippen LogP contribution is -2.49. The summed E-state index contributed by atoms with van der Waals surface area (Å²) in [5, 5.41) is 22.3. The molecule has 2 N–H and O–H groups in total. The van der Waals surface area contributed by atoms with Crippen molar-refractivity contribution in [3.8, 4) is 0 Å². The Balaban J connectivity index is 1.68. The Morgan fingerprint density at radius 2 is 0.714 bits per heavy atom. The van der Waals surface area contributed by atoms with Crippen LogP contribution < -0.4 is 0 Å². The minimum Gasteiger partial charge on any atom is -0.379 e. The van der Waals surface area contributed by atoms with Crippen LogP contribution in [-0.2, 0) is 21.0 Å². The lowest BCUT2D eigenvalue weighted by atomic mass is 9.79. The van der Waals surface area contributed by atoms with Gasteiger partial charge in [-0.25, -0.2) is 8.42 Å². The summed E-state index contributed by atoms with van der Waals surface area (Å²) >= 11 is 0. The molecule has 1 heterocycles. The first-order valence-corrected chi connectivity index (χ1v) is 13.4. The molecule has 5 heteroatoms. The molecular weight excluding hydrogens is 456 g/mol. The van der Waals surface area contributed by atoms with Gasteiger partial charge in [0, 0.05) is 0 Å². The molecule has 0 saturated carbocycles. The predicted molar refractivity (Wildman–Crippen MR) is 137 cm³/mol. The summed E-state index contributed by atoms with van der Waals surface area (Å²) in [7, 11) is -4.04. The summed E-state index contributed by atoms with van der Waals surface area (Å²) < 4.78 is 28.7. The van der Waals surface area contributed by atoms with Crippen LogP contribution in [0.4, 0.5) is 0 Å². The Morgan fingerprint density at radius 3 is 0.943 bits per heavy atom. The molecule has 2 unspecified atom stereocenters. The molecule has 0 aliphatic carbocycles. The highest BCUT2D eigenvalue weighted by Crippen LogP contribution is 2.50. The SMILES string of the molecule is O=S1(=O)C(C(O)(c2ccccc2)c2ccccc2)CCC1C(O)(c1ccccc1)c1ccccc1. The molecule has 1 aliphatic rings. The molecular formula is C30H28O4S. The summed E-state index contributed by atoms with van der Waals surface area (Å²) in [6, 6.07) is 35.8. The average molecular weight is 485 g/mol. The summed E-state index contributed by atoms with van der Waals surface area (Å²) in [6.45, 7) is 0. The van der Waals surface area contributed by atoms with Crippen LogP contribution in [0.2, 0.25) is 0 Å². The molecule has 1 fully saturated rings. The van der Waals surface area contributed by atoms with Gasteiger partial charge in [-0.05, 0) is 35.1 Å². The highest BCUT2D eigenvalue weighted by atomic mass is 32.2. The molecule has 0 radical (unpaired) electrons. The number of hydrogen-bond acceptors (Lipinski definition) is 4. The van der Waals surface area contributed by atoms with Crippen molar-refractivity contribution in [3.05, 3.63) is 144 Å². The first-order valence-electron chi connectivity index (χ1n) is 11.8. The lowest BCUT2D eigenvalue weighted by Gasteiger charge is -2.38.